The zero-order valence-electron chi connectivity index (χ0n) is 21.5. The molecular weight excluding hydrogens is 396 g/mol. The summed E-state index contributed by atoms with van der Waals surface area (Å²) in [6.45, 7) is 13.4. The van der Waals surface area contributed by atoms with Crippen LogP contribution in [0.1, 0.15) is 112 Å². The molecule has 4 aliphatic carbocycles. The first-order valence-corrected chi connectivity index (χ1v) is 13.5. The monoisotopic (exact) mass is 442 g/mol. The molecule has 0 aromatic carbocycles. The predicted molar refractivity (Wildman–Crippen MR) is 129 cm³/mol. The lowest BCUT2D eigenvalue weighted by Crippen LogP contribution is -2.54. The molecule has 180 valence electrons. The fraction of sp³-hybridized carbons (Fsp3) is 0.862. The van der Waals surface area contributed by atoms with Crippen molar-refractivity contribution in [2.45, 2.75) is 118 Å². The van der Waals surface area contributed by atoms with E-state index in [0.717, 1.165) is 50.9 Å². The Hall–Kier alpha value is -1.12. The van der Waals surface area contributed by atoms with E-state index in [-0.39, 0.29) is 22.9 Å². The summed E-state index contributed by atoms with van der Waals surface area (Å²) in [5, 5.41) is 0. The highest BCUT2D eigenvalue weighted by Crippen LogP contribution is 2.65. The van der Waals surface area contributed by atoms with Gasteiger partial charge in [-0.3, -0.25) is 9.59 Å². The van der Waals surface area contributed by atoms with Crippen LogP contribution in [0.4, 0.5) is 0 Å². The Kier molecular flexibility index (Phi) is 6.69. The van der Waals surface area contributed by atoms with Crippen molar-refractivity contribution in [2.75, 3.05) is 0 Å². The molecule has 3 fully saturated rings. The van der Waals surface area contributed by atoms with Gasteiger partial charge in [0.05, 0.1) is 0 Å². The van der Waals surface area contributed by atoms with Crippen LogP contribution in [0.2, 0.25) is 0 Å². The average Bonchev–Trinajstić information content (AvgIpc) is 2.99. The lowest BCUT2D eigenvalue weighted by Gasteiger charge is -2.58. The molecule has 3 nitrogen and oxygen atoms in total. The van der Waals surface area contributed by atoms with Crippen LogP contribution in [0.3, 0.4) is 0 Å². The minimum absolute atomic E-state index is 0.00580. The number of carbonyl (C=O) groups is 2. The smallest absolute Gasteiger partial charge is 0.302 e. The fourth-order valence-corrected chi connectivity index (χ4v) is 8.66. The van der Waals surface area contributed by atoms with Gasteiger partial charge in [-0.1, -0.05) is 59.5 Å². The Morgan fingerprint density at radius 1 is 1.09 bits per heavy atom. The molecule has 4 aliphatic rings. The zero-order chi connectivity index (χ0) is 23.3. The van der Waals surface area contributed by atoms with E-state index < -0.39 is 0 Å². The Labute approximate surface area is 196 Å². The first-order chi connectivity index (χ1) is 15.1. The maximum absolute atomic E-state index is 13.5. The van der Waals surface area contributed by atoms with Gasteiger partial charge in [-0.25, -0.2) is 0 Å². The van der Waals surface area contributed by atoms with Crippen molar-refractivity contribution in [3.8, 4) is 0 Å². The molecule has 0 heterocycles. The molecule has 1 unspecified atom stereocenters. The molecule has 0 N–H and O–H groups in total. The third kappa shape index (κ3) is 3.90. The molecule has 0 amide bonds. The number of hydrogen-bond acceptors (Lipinski definition) is 3. The van der Waals surface area contributed by atoms with Crippen LogP contribution in [-0.2, 0) is 14.3 Å². The van der Waals surface area contributed by atoms with Crippen LogP contribution >= 0.6 is 0 Å². The normalized spacial score (nSPS) is 40.0. The highest BCUT2D eigenvalue weighted by molar-refractivity contribution is 6.00. The number of esters is 1. The lowest BCUT2D eigenvalue weighted by atomic mass is 9.48. The first kappa shape index (κ1) is 24.0. The fourth-order valence-electron chi connectivity index (χ4n) is 8.66. The summed E-state index contributed by atoms with van der Waals surface area (Å²) in [5.74, 6) is 3.17. The highest BCUT2D eigenvalue weighted by atomic mass is 16.5. The Morgan fingerprint density at radius 2 is 1.84 bits per heavy atom. The summed E-state index contributed by atoms with van der Waals surface area (Å²) in [6, 6.07) is 0. The molecule has 0 spiro atoms. The van der Waals surface area contributed by atoms with E-state index in [1.807, 2.05) is 0 Å². The van der Waals surface area contributed by atoms with Gasteiger partial charge < -0.3 is 4.74 Å². The SMILES string of the molecule is CC(=O)OC1CCC[C@@H]2CCC3=C4C(=O)C[C@H]([C@H](C)CCCC(C)C)[C@@]4(C)CC[C@@H]3[C@@]12C. The third-order valence-corrected chi connectivity index (χ3v) is 10.3. The van der Waals surface area contributed by atoms with E-state index in [9.17, 15) is 9.59 Å². The second kappa shape index (κ2) is 8.91. The third-order valence-electron chi connectivity index (χ3n) is 10.3. The van der Waals surface area contributed by atoms with Gasteiger partial charge in [0, 0.05) is 24.3 Å². The topological polar surface area (TPSA) is 43.4 Å². The van der Waals surface area contributed by atoms with Crippen molar-refractivity contribution in [1.29, 1.82) is 0 Å². The van der Waals surface area contributed by atoms with E-state index in [0.29, 0.717) is 29.5 Å². The number of rotatable bonds is 6. The quantitative estimate of drug-likeness (QED) is 0.406. The molecular formula is C29H46O3. The second-order valence-electron chi connectivity index (χ2n) is 12.6. The number of allylic oxidation sites excluding steroid dienone is 2. The minimum atomic E-state index is -0.149. The van der Waals surface area contributed by atoms with Gasteiger partial charge in [0.2, 0.25) is 0 Å². The van der Waals surface area contributed by atoms with Crippen LogP contribution in [0.5, 0.6) is 0 Å². The van der Waals surface area contributed by atoms with E-state index in [4.69, 9.17) is 4.74 Å². The summed E-state index contributed by atoms with van der Waals surface area (Å²) in [6.07, 6.45) is 12.5. The van der Waals surface area contributed by atoms with Gasteiger partial charge in [-0.2, -0.15) is 0 Å². The summed E-state index contributed by atoms with van der Waals surface area (Å²) < 4.78 is 5.95. The number of fused-ring (bicyclic) bond motifs is 4. The van der Waals surface area contributed by atoms with Gasteiger partial charge in [0.25, 0.3) is 0 Å². The summed E-state index contributed by atoms with van der Waals surface area (Å²) in [4.78, 5) is 25.5. The van der Waals surface area contributed by atoms with E-state index in [2.05, 4.69) is 34.6 Å². The highest BCUT2D eigenvalue weighted by Gasteiger charge is 2.60. The molecule has 0 saturated heterocycles. The summed E-state index contributed by atoms with van der Waals surface area (Å²) >= 11 is 0. The largest absolute Gasteiger partial charge is 0.462 e. The molecule has 3 saturated carbocycles. The van der Waals surface area contributed by atoms with Crippen molar-refractivity contribution >= 4 is 11.8 Å². The van der Waals surface area contributed by atoms with Crippen molar-refractivity contribution in [3.63, 3.8) is 0 Å². The molecule has 0 aromatic heterocycles. The maximum Gasteiger partial charge on any atom is 0.302 e. The van der Waals surface area contributed by atoms with E-state index in [1.54, 1.807) is 6.92 Å². The van der Waals surface area contributed by atoms with Crippen molar-refractivity contribution in [2.24, 2.45) is 40.4 Å². The van der Waals surface area contributed by atoms with Gasteiger partial charge in [0.15, 0.2) is 5.78 Å². The van der Waals surface area contributed by atoms with E-state index in [1.165, 1.54) is 36.8 Å². The lowest BCUT2D eigenvalue weighted by molar-refractivity contribution is -0.168. The predicted octanol–water partition coefficient (Wildman–Crippen LogP) is 7.28. The molecule has 32 heavy (non-hydrogen) atoms. The zero-order valence-corrected chi connectivity index (χ0v) is 21.5. The number of ether oxygens (including phenoxy) is 1. The molecule has 0 bridgehead atoms. The Balaban J connectivity index is 1.64. The molecule has 0 radical (unpaired) electrons. The summed E-state index contributed by atoms with van der Waals surface area (Å²) in [5.41, 5.74) is 2.74. The number of carbonyl (C=O) groups excluding carboxylic acids is 2. The standard InChI is InChI=1S/C29H46O3/c1-18(2)9-7-10-19(3)24-17-25(31)27-22-14-13-21-11-8-12-26(32-20(4)30)29(21,6)23(22)15-16-28(24,27)5/h18-19,21,23-24,26H,7-17H2,1-6H3/t19-,21-,23+,24-,26?,28-,29+/m1/s1. The number of ketones is 1. The number of hydrogen-bond donors (Lipinski definition) is 0. The molecule has 3 heteroatoms. The van der Waals surface area contributed by atoms with Crippen molar-refractivity contribution in [3.05, 3.63) is 11.1 Å². The van der Waals surface area contributed by atoms with Crippen LogP contribution in [-0.4, -0.2) is 17.9 Å². The molecule has 4 rings (SSSR count). The van der Waals surface area contributed by atoms with Gasteiger partial charge in [-0.15, -0.1) is 0 Å². The van der Waals surface area contributed by atoms with Crippen LogP contribution in [0.15, 0.2) is 11.1 Å². The maximum atomic E-state index is 13.5. The van der Waals surface area contributed by atoms with Crippen LogP contribution in [0, 0.1) is 40.4 Å². The Bertz CT molecular complexity index is 779. The average molecular weight is 443 g/mol. The van der Waals surface area contributed by atoms with Crippen molar-refractivity contribution in [1.82, 2.24) is 0 Å². The Morgan fingerprint density at radius 3 is 2.53 bits per heavy atom. The van der Waals surface area contributed by atoms with E-state index >= 15 is 0 Å². The van der Waals surface area contributed by atoms with Crippen molar-refractivity contribution < 1.29 is 14.3 Å². The minimum Gasteiger partial charge on any atom is -0.462 e. The number of Topliss-reactive ketones (excluding diaryl/α,β-unsaturated/α-hetero) is 1. The first-order valence-electron chi connectivity index (χ1n) is 13.5. The van der Waals surface area contributed by atoms with Gasteiger partial charge in [-0.05, 0) is 80.0 Å². The molecule has 0 aromatic rings. The van der Waals surface area contributed by atoms with Gasteiger partial charge >= 0.3 is 5.97 Å². The molecule has 7 atom stereocenters. The second-order valence-corrected chi connectivity index (χ2v) is 12.6. The molecule has 0 aliphatic heterocycles. The van der Waals surface area contributed by atoms with Gasteiger partial charge in [0.1, 0.15) is 6.10 Å². The van der Waals surface area contributed by atoms with Crippen LogP contribution in [0.25, 0.3) is 0 Å². The summed E-state index contributed by atoms with van der Waals surface area (Å²) in [7, 11) is 0. The van der Waals surface area contributed by atoms with Crippen LogP contribution < -0.4 is 0 Å².